The highest BCUT2D eigenvalue weighted by atomic mass is 32.2. The number of amides is 1. The Morgan fingerprint density at radius 3 is 2.53 bits per heavy atom. The number of carbonyl (C=O) groups is 2. The summed E-state index contributed by atoms with van der Waals surface area (Å²) >= 11 is 0. The van der Waals surface area contributed by atoms with E-state index < -0.39 is 21.9 Å². The smallest absolute Gasteiger partial charge is 0.293 e. The van der Waals surface area contributed by atoms with Gasteiger partial charge in [0.25, 0.3) is 5.91 Å². The first-order chi connectivity index (χ1) is 7.94. The number of ketones is 1. The SMILES string of the molecule is N#CC1=CC=C(N2CC(=O)NS2(=O)=O)CC1=O. The topological polar surface area (TPSA) is 107 Å². The molecule has 0 aromatic carbocycles. The number of nitriles is 1. The molecular weight excluding hydrogens is 246 g/mol. The Morgan fingerprint density at radius 2 is 2.06 bits per heavy atom. The molecule has 1 N–H and O–H groups in total. The number of carbonyl (C=O) groups excluding carboxylic acids is 2. The molecule has 0 saturated carbocycles. The Hall–Kier alpha value is -2.14. The fraction of sp³-hybridized carbons (Fsp3) is 0.222. The first-order valence-corrected chi connectivity index (χ1v) is 6.05. The van der Waals surface area contributed by atoms with Crippen molar-refractivity contribution in [2.24, 2.45) is 0 Å². The highest BCUT2D eigenvalue weighted by Crippen LogP contribution is 2.22. The van der Waals surface area contributed by atoms with E-state index in [4.69, 9.17) is 5.26 Å². The summed E-state index contributed by atoms with van der Waals surface area (Å²) in [6.45, 7) is -0.336. The van der Waals surface area contributed by atoms with Gasteiger partial charge in [-0.25, -0.2) is 9.03 Å². The predicted molar refractivity (Wildman–Crippen MR) is 55.2 cm³/mol. The predicted octanol–water partition coefficient (Wildman–Crippen LogP) is -1.03. The van der Waals surface area contributed by atoms with Crippen LogP contribution >= 0.6 is 0 Å². The summed E-state index contributed by atoms with van der Waals surface area (Å²) in [6.07, 6.45) is 2.41. The van der Waals surface area contributed by atoms with E-state index in [1.54, 1.807) is 10.8 Å². The molecule has 0 aromatic rings. The van der Waals surface area contributed by atoms with Crippen LogP contribution in [0, 0.1) is 11.3 Å². The van der Waals surface area contributed by atoms with E-state index in [-0.39, 0.29) is 24.2 Å². The molecule has 0 unspecified atom stereocenters. The Balaban J connectivity index is 2.36. The molecule has 1 heterocycles. The molecule has 2 rings (SSSR count). The molecule has 1 aliphatic carbocycles. The Kier molecular flexibility index (Phi) is 2.48. The van der Waals surface area contributed by atoms with Crippen molar-refractivity contribution in [2.45, 2.75) is 6.42 Å². The van der Waals surface area contributed by atoms with Gasteiger partial charge in [-0.1, -0.05) is 0 Å². The third-order valence-corrected chi connectivity index (χ3v) is 3.77. The second kappa shape index (κ2) is 3.71. The monoisotopic (exact) mass is 253 g/mol. The maximum Gasteiger partial charge on any atom is 0.326 e. The molecule has 0 atom stereocenters. The third-order valence-electron chi connectivity index (χ3n) is 2.35. The van der Waals surface area contributed by atoms with E-state index in [0.717, 1.165) is 4.31 Å². The summed E-state index contributed by atoms with van der Waals surface area (Å²) in [7, 11) is -3.88. The van der Waals surface area contributed by atoms with Crippen LogP contribution in [0.4, 0.5) is 0 Å². The van der Waals surface area contributed by atoms with Crippen LogP contribution in [0.3, 0.4) is 0 Å². The fourth-order valence-corrected chi connectivity index (χ4v) is 2.75. The van der Waals surface area contributed by atoms with Gasteiger partial charge in [0.1, 0.15) is 12.6 Å². The molecule has 0 spiro atoms. The molecule has 1 saturated heterocycles. The number of hydrogen-bond acceptors (Lipinski definition) is 5. The zero-order valence-electron chi connectivity index (χ0n) is 8.50. The van der Waals surface area contributed by atoms with E-state index in [1.807, 2.05) is 0 Å². The molecule has 1 aliphatic heterocycles. The molecule has 7 nitrogen and oxygen atoms in total. The van der Waals surface area contributed by atoms with Gasteiger partial charge >= 0.3 is 10.2 Å². The van der Waals surface area contributed by atoms with Gasteiger partial charge < -0.3 is 0 Å². The van der Waals surface area contributed by atoms with Gasteiger partial charge in [0.2, 0.25) is 0 Å². The van der Waals surface area contributed by atoms with Crippen LogP contribution in [0.2, 0.25) is 0 Å². The van der Waals surface area contributed by atoms with Gasteiger partial charge in [0.15, 0.2) is 5.78 Å². The molecule has 0 bridgehead atoms. The summed E-state index contributed by atoms with van der Waals surface area (Å²) in [5, 5.41) is 8.59. The van der Waals surface area contributed by atoms with E-state index in [9.17, 15) is 18.0 Å². The largest absolute Gasteiger partial charge is 0.326 e. The number of allylic oxidation sites excluding steroid dienone is 4. The Bertz CT molecular complexity index is 609. The molecule has 8 heteroatoms. The van der Waals surface area contributed by atoms with Crippen LogP contribution in [0.15, 0.2) is 23.4 Å². The van der Waals surface area contributed by atoms with Crippen molar-refractivity contribution in [3.05, 3.63) is 23.4 Å². The fourth-order valence-electron chi connectivity index (χ4n) is 1.56. The molecule has 88 valence electrons. The zero-order chi connectivity index (χ0) is 12.6. The summed E-state index contributed by atoms with van der Waals surface area (Å²) in [5.74, 6) is -1.10. The zero-order valence-corrected chi connectivity index (χ0v) is 9.32. The van der Waals surface area contributed by atoms with Gasteiger partial charge in [0.05, 0.1) is 12.0 Å². The average molecular weight is 253 g/mol. The quantitative estimate of drug-likeness (QED) is 0.643. The molecule has 17 heavy (non-hydrogen) atoms. The minimum absolute atomic E-state index is 0.0235. The minimum Gasteiger partial charge on any atom is -0.293 e. The van der Waals surface area contributed by atoms with E-state index in [2.05, 4.69) is 0 Å². The number of Topliss-reactive ketones (excluding diaryl/α,β-unsaturated/α-hetero) is 1. The lowest BCUT2D eigenvalue weighted by Crippen LogP contribution is -2.31. The van der Waals surface area contributed by atoms with Gasteiger partial charge in [-0.15, -0.1) is 0 Å². The molecule has 0 radical (unpaired) electrons. The van der Waals surface area contributed by atoms with Gasteiger partial charge in [-0.2, -0.15) is 13.7 Å². The lowest BCUT2D eigenvalue weighted by Gasteiger charge is -2.19. The molecule has 1 amide bonds. The first kappa shape index (κ1) is 11.3. The van der Waals surface area contributed by atoms with Gasteiger partial charge in [0, 0.05) is 5.70 Å². The van der Waals surface area contributed by atoms with Crippen molar-refractivity contribution in [1.82, 2.24) is 9.03 Å². The second-order valence-electron chi connectivity index (χ2n) is 3.49. The molecular formula is C9H7N3O4S. The first-order valence-electron chi connectivity index (χ1n) is 4.61. The summed E-state index contributed by atoms with van der Waals surface area (Å²) in [5.41, 5.74) is 0.164. The Labute approximate surface area is 97.2 Å². The maximum absolute atomic E-state index is 11.5. The number of rotatable bonds is 1. The highest BCUT2D eigenvalue weighted by molar-refractivity contribution is 7.88. The standard InChI is InChI=1S/C9H7N3O4S/c10-4-6-1-2-7(3-8(6)13)12-5-9(14)11-17(12,15)16/h1-2H,3,5H2,(H,11,14). The maximum atomic E-state index is 11.5. The van der Waals surface area contributed by atoms with E-state index in [0.29, 0.717) is 0 Å². The summed E-state index contributed by atoms with van der Waals surface area (Å²) in [4.78, 5) is 22.4. The normalized spacial score (nSPS) is 22.6. The van der Waals surface area contributed by atoms with Crippen LogP contribution in [0.25, 0.3) is 0 Å². The van der Waals surface area contributed by atoms with Crippen molar-refractivity contribution in [1.29, 1.82) is 5.26 Å². The van der Waals surface area contributed by atoms with Crippen LogP contribution in [0.1, 0.15) is 6.42 Å². The summed E-state index contributed by atoms with van der Waals surface area (Å²) in [6, 6.07) is 1.71. The van der Waals surface area contributed by atoms with Crippen LogP contribution in [-0.2, 0) is 19.8 Å². The van der Waals surface area contributed by atoms with E-state index >= 15 is 0 Å². The third kappa shape index (κ3) is 1.92. The van der Waals surface area contributed by atoms with Crippen molar-refractivity contribution in [3.8, 4) is 6.07 Å². The van der Waals surface area contributed by atoms with Gasteiger partial charge in [-0.05, 0) is 12.2 Å². The Morgan fingerprint density at radius 1 is 1.35 bits per heavy atom. The molecule has 2 aliphatic rings. The number of nitrogens with one attached hydrogen (secondary N) is 1. The number of hydrogen-bond donors (Lipinski definition) is 1. The van der Waals surface area contributed by atoms with E-state index in [1.165, 1.54) is 12.2 Å². The lowest BCUT2D eigenvalue weighted by molar-refractivity contribution is -0.118. The van der Waals surface area contributed by atoms with Crippen LogP contribution in [-0.4, -0.2) is 31.0 Å². The number of nitrogens with zero attached hydrogens (tertiary/aromatic N) is 2. The lowest BCUT2D eigenvalue weighted by atomic mass is 10.0. The molecule has 1 fully saturated rings. The second-order valence-corrected chi connectivity index (χ2v) is 5.08. The highest BCUT2D eigenvalue weighted by Gasteiger charge is 2.36. The van der Waals surface area contributed by atoms with Crippen molar-refractivity contribution < 1.29 is 18.0 Å². The van der Waals surface area contributed by atoms with Crippen LogP contribution in [0.5, 0.6) is 0 Å². The molecule has 0 aromatic heterocycles. The van der Waals surface area contributed by atoms with Crippen molar-refractivity contribution in [3.63, 3.8) is 0 Å². The van der Waals surface area contributed by atoms with Crippen LogP contribution < -0.4 is 4.72 Å². The van der Waals surface area contributed by atoms with Crippen molar-refractivity contribution >= 4 is 21.9 Å². The van der Waals surface area contributed by atoms with Gasteiger partial charge in [-0.3, -0.25) is 9.59 Å². The summed E-state index contributed by atoms with van der Waals surface area (Å²) < 4.78 is 25.6. The minimum atomic E-state index is -3.88. The van der Waals surface area contributed by atoms with Crippen molar-refractivity contribution in [2.75, 3.05) is 6.54 Å². The average Bonchev–Trinajstić information content (AvgIpc) is 2.51.